The lowest BCUT2D eigenvalue weighted by atomic mass is 10.1. The molecule has 0 fully saturated rings. The van der Waals surface area contributed by atoms with Gasteiger partial charge in [-0.25, -0.2) is 4.79 Å². The van der Waals surface area contributed by atoms with E-state index in [0.29, 0.717) is 18.5 Å². The van der Waals surface area contributed by atoms with Crippen molar-refractivity contribution in [2.45, 2.75) is 25.7 Å². The van der Waals surface area contributed by atoms with Gasteiger partial charge < -0.3 is 15.0 Å². The molecule has 0 bridgehead atoms. The van der Waals surface area contributed by atoms with E-state index in [4.69, 9.17) is 4.74 Å². The van der Waals surface area contributed by atoms with E-state index < -0.39 is 0 Å². The van der Waals surface area contributed by atoms with E-state index >= 15 is 0 Å². The molecule has 0 unspecified atom stereocenters. The van der Waals surface area contributed by atoms with Gasteiger partial charge >= 0.3 is 5.97 Å². The molecule has 0 aliphatic carbocycles. The van der Waals surface area contributed by atoms with Crippen LogP contribution >= 0.6 is 0 Å². The molecule has 0 saturated heterocycles. The van der Waals surface area contributed by atoms with Gasteiger partial charge in [0.15, 0.2) is 0 Å². The minimum Gasteiger partial charge on any atom is -0.460 e. The molecular weight excluding hydrogens is 340 g/mol. The number of hydrogen-bond donors (Lipinski definition) is 2. The van der Waals surface area contributed by atoms with Crippen molar-refractivity contribution in [2.24, 2.45) is 0 Å². The topological polar surface area (TPSA) is 71.2 Å². The van der Waals surface area contributed by atoms with Crippen molar-refractivity contribution in [1.29, 1.82) is 0 Å². The van der Waals surface area contributed by atoms with E-state index in [1.54, 1.807) is 24.3 Å². The van der Waals surface area contributed by atoms with Crippen LogP contribution in [0.2, 0.25) is 0 Å². The van der Waals surface area contributed by atoms with Gasteiger partial charge in [0.2, 0.25) is 5.91 Å². The molecule has 5 heteroatoms. The second-order valence-corrected chi connectivity index (χ2v) is 6.42. The molecule has 0 aliphatic rings. The molecule has 1 heterocycles. The Morgan fingerprint density at radius 1 is 0.963 bits per heavy atom. The number of aryl methyl sites for hydroxylation is 1. The first-order chi connectivity index (χ1) is 13.2. The van der Waals surface area contributed by atoms with Gasteiger partial charge in [0.05, 0.1) is 12.1 Å². The third kappa shape index (κ3) is 5.45. The summed E-state index contributed by atoms with van der Waals surface area (Å²) in [4.78, 5) is 26.9. The summed E-state index contributed by atoms with van der Waals surface area (Å²) >= 11 is 0. The third-order valence-corrected chi connectivity index (χ3v) is 4.44. The molecule has 2 N–H and O–H groups in total. The Bertz CT molecular complexity index is 887. The second kappa shape index (κ2) is 9.57. The predicted molar refractivity (Wildman–Crippen MR) is 106 cm³/mol. The molecule has 27 heavy (non-hydrogen) atoms. The van der Waals surface area contributed by atoms with Crippen molar-refractivity contribution >= 4 is 22.8 Å². The summed E-state index contributed by atoms with van der Waals surface area (Å²) < 4.78 is 5.14. The zero-order chi connectivity index (χ0) is 18.9. The van der Waals surface area contributed by atoms with Crippen LogP contribution in [-0.2, 0) is 16.0 Å². The highest BCUT2D eigenvalue weighted by molar-refractivity contribution is 5.89. The number of carbonyl (C=O) groups is 2. The molecule has 0 radical (unpaired) electrons. The maximum absolute atomic E-state index is 11.9. The standard InChI is InChI=1S/C22H24N2O3/c25-21(23-14-15-27-22(26)17-8-2-1-3-9-17)13-7-4-10-18-16-24-20-12-6-5-11-19(18)20/h1-3,5-6,8-9,11-12,16,24H,4,7,10,13-15H2,(H,23,25). The fourth-order valence-corrected chi connectivity index (χ4v) is 3.02. The van der Waals surface area contributed by atoms with Crippen molar-refractivity contribution in [2.75, 3.05) is 13.2 Å². The second-order valence-electron chi connectivity index (χ2n) is 6.42. The van der Waals surface area contributed by atoms with E-state index in [0.717, 1.165) is 24.8 Å². The zero-order valence-corrected chi connectivity index (χ0v) is 15.2. The number of unbranched alkanes of at least 4 members (excludes halogenated alkanes) is 1. The number of amides is 1. The van der Waals surface area contributed by atoms with E-state index in [9.17, 15) is 9.59 Å². The summed E-state index contributed by atoms with van der Waals surface area (Å²) in [5.74, 6) is -0.381. The number of carbonyl (C=O) groups excluding carboxylic acids is 2. The average molecular weight is 364 g/mol. The van der Waals surface area contributed by atoms with Gasteiger partial charge in [-0.2, -0.15) is 0 Å². The van der Waals surface area contributed by atoms with Gasteiger partial charge in [-0.15, -0.1) is 0 Å². The first-order valence-electron chi connectivity index (χ1n) is 9.28. The largest absolute Gasteiger partial charge is 0.460 e. The van der Waals surface area contributed by atoms with Crippen LogP contribution in [0.1, 0.15) is 35.2 Å². The number of hydrogen-bond acceptors (Lipinski definition) is 3. The van der Waals surface area contributed by atoms with Crippen LogP contribution in [0.4, 0.5) is 0 Å². The number of aromatic amines is 1. The number of fused-ring (bicyclic) bond motifs is 1. The number of benzene rings is 2. The van der Waals surface area contributed by atoms with Crippen molar-refractivity contribution in [3.63, 3.8) is 0 Å². The summed E-state index contributed by atoms with van der Waals surface area (Å²) in [6, 6.07) is 17.1. The summed E-state index contributed by atoms with van der Waals surface area (Å²) in [7, 11) is 0. The molecule has 5 nitrogen and oxygen atoms in total. The smallest absolute Gasteiger partial charge is 0.338 e. The predicted octanol–water partition coefficient (Wildman–Crippen LogP) is 3.85. The fraction of sp³-hybridized carbons (Fsp3) is 0.273. The van der Waals surface area contributed by atoms with Crippen LogP contribution in [0, 0.1) is 0 Å². The number of H-pyrrole nitrogens is 1. The Morgan fingerprint density at radius 2 is 1.74 bits per heavy atom. The number of aromatic nitrogens is 1. The molecule has 3 rings (SSSR count). The highest BCUT2D eigenvalue weighted by Crippen LogP contribution is 2.19. The normalized spacial score (nSPS) is 10.7. The fourth-order valence-electron chi connectivity index (χ4n) is 3.02. The number of rotatable bonds is 9. The minimum absolute atomic E-state index is 0.00955. The Balaban J connectivity index is 1.28. The Labute approximate surface area is 158 Å². The number of para-hydroxylation sites is 1. The zero-order valence-electron chi connectivity index (χ0n) is 15.2. The lowest BCUT2D eigenvalue weighted by Gasteiger charge is -2.07. The summed E-state index contributed by atoms with van der Waals surface area (Å²) in [6.45, 7) is 0.509. The molecule has 0 atom stereocenters. The molecule has 1 amide bonds. The van der Waals surface area contributed by atoms with E-state index in [2.05, 4.69) is 22.4 Å². The van der Waals surface area contributed by atoms with Crippen LogP contribution in [0.15, 0.2) is 60.8 Å². The molecule has 0 aliphatic heterocycles. The highest BCUT2D eigenvalue weighted by Gasteiger charge is 2.07. The minimum atomic E-state index is -0.372. The van der Waals surface area contributed by atoms with E-state index in [-0.39, 0.29) is 18.5 Å². The van der Waals surface area contributed by atoms with Crippen LogP contribution in [-0.4, -0.2) is 30.0 Å². The number of ether oxygens (including phenoxy) is 1. The quantitative estimate of drug-likeness (QED) is 0.447. The summed E-state index contributed by atoms with van der Waals surface area (Å²) in [5, 5.41) is 4.04. The first kappa shape index (κ1) is 18.7. The Kier molecular flexibility index (Phi) is 6.63. The van der Waals surface area contributed by atoms with Crippen molar-refractivity contribution in [1.82, 2.24) is 10.3 Å². The van der Waals surface area contributed by atoms with E-state index in [1.807, 2.05) is 24.4 Å². The van der Waals surface area contributed by atoms with Crippen LogP contribution in [0.3, 0.4) is 0 Å². The molecule has 1 aromatic heterocycles. The highest BCUT2D eigenvalue weighted by atomic mass is 16.5. The molecule has 3 aromatic rings. The number of esters is 1. The molecule has 2 aromatic carbocycles. The van der Waals surface area contributed by atoms with Crippen molar-refractivity contribution < 1.29 is 14.3 Å². The van der Waals surface area contributed by atoms with Crippen molar-refractivity contribution in [3.8, 4) is 0 Å². The Hall–Kier alpha value is -3.08. The van der Waals surface area contributed by atoms with Gasteiger partial charge in [0.25, 0.3) is 0 Å². The van der Waals surface area contributed by atoms with Gasteiger partial charge in [-0.1, -0.05) is 36.4 Å². The van der Waals surface area contributed by atoms with Gasteiger partial charge in [0, 0.05) is 23.5 Å². The van der Waals surface area contributed by atoms with E-state index in [1.165, 1.54) is 10.9 Å². The van der Waals surface area contributed by atoms with Crippen LogP contribution in [0.5, 0.6) is 0 Å². The first-order valence-corrected chi connectivity index (χ1v) is 9.28. The maximum Gasteiger partial charge on any atom is 0.338 e. The Morgan fingerprint density at radius 3 is 2.59 bits per heavy atom. The summed E-state index contributed by atoms with van der Waals surface area (Å²) in [5.41, 5.74) is 2.95. The molecule has 140 valence electrons. The van der Waals surface area contributed by atoms with Crippen molar-refractivity contribution in [3.05, 3.63) is 71.9 Å². The van der Waals surface area contributed by atoms with Gasteiger partial charge in [-0.05, 0) is 43.0 Å². The average Bonchev–Trinajstić information content (AvgIpc) is 3.12. The molecule has 0 spiro atoms. The summed E-state index contributed by atoms with van der Waals surface area (Å²) in [6.07, 6.45) is 5.26. The lowest BCUT2D eigenvalue weighted by Crippen LogP contribution is -2.27. The maximum atomic E-state index is 11.9. The van der Waals surface area contributed by atoms with Crippen LogP contribution in [0.25, 0.3) is 10.9 Å². The van der Waals surface area contributed by atoms with Crippen LogP contribution < -0.4 is 5.32 Å². The SMILES string of the molecule is O=C(CCCCc1c[nH]c2ccccc12)NCCOC(=O)c1ccccc1. The monoisotopic (exact) mass is 364 g/mol. The third-order valence-electron chi connectivity index (χ3n) is 4.44. The van der Waals surface area contributed by atoms with Gasteiger partial charge in [-0.3, -0.25) is 4.79 Å². The molecule has 0 saturated carbocycles. The molecular formula is C22H24N2O3. The lowest BCUT2D eigenvalue weighted by molar-refractivity contribution is -0.121. The number of nitrogens with one attached hydrogen (secondary N) is 2. The van der Waals surface area contributed by atoms with Gasteiger partial charge in [0.1, 0.15) is 6.61 Å².